The van der Waals surface area contributed by atoms with Crippen molar-refractivity contribution in [2.75, 3.05) is 0 Å². The summed E-state index contributed by atoms with van der Waals surface area (Å²) in [4.78, 5) is 0. The molecule has 0 aliphatic carbocycles. The Morgan fingerprint density at radius 2 is 1.15 bits per heavy atom. The van der Waals surface area contributed by atoms with E-state index in [0.717, 1.165) is 0 Å². The average Bonchev–Trinajstić information content (AvgIpc) is 3.06. The highest BCUT2D eigenvalue weighted by Crippen LogP contribution is 2.12. The van der Waals surface area contributed by atoms with E-state index in [2.05, 4.69) is 42.3 Å². The quantitative estimate of drug-likeness (QED) is 0.173. The minimum Gasteiger partial charge on any atom is -0.234 e. The Balaban J connectivity index is 2.39. The molecular weight excluding hydrogens is 328 g/mol. The topological polar surface area (TPSA) is 8.81 Å². The van der Waals surface area contributed by atoms with Crippen molar-refractivity contribution < 1.29 is 4.57 Å². The summed E-state index contributed by atoms with van der Waals surface area (Å²) in [6.45, 7) is 9.33. The molecule has 0 bridgehead atoms. The van der Waals surface area contributed by atoms with Gasteiger partial charge in [-0.3, -0.25) is 0 Å². The zero-order chi connectivity index (χ0) is 19.6. The number of hydrogen-bond acceptors (Lipinski definition) is 0. The molecule has 2 nitrogen and oxygen atoms in total. The Morgan fingerprint density at radius 3 is 1.78 bits per heavy atom. The van der Waals surface area contributed by atoms with Crippen molar-refractivity contribution in [1.82, 2.24) is 4.57 Å². The third kappa shape index (κ3) is 11.6. The fourth-order valence-electron chi connectivity index (χ4n) is 4.03. The molecule has 27 heavy (non-hydrogen) atoms. The van der Waals surface area contributed by atoms with Crippen LogP contribution >= 0.6 is 0 Å². The summed E-state index contributed by atoms with van der Waals surface area (Å²) in [5.74, 6) is 1.59. The van der Waals surface area contributed by atoms with E-state index in [4.69, 9.17) is 0 Å². The maximum atomic E-state index is 2.57. The Hall–Kier alpha value is -0.790. The van der Waals surface area contributed by atoms with Crippen molar-refractivity contribution in [2.24, 2.45) is 0 Å². The molecule has 0 saturated heterocycles. The summed E-state index contributed by atoms with van der Waals surface area (Å²) in [6.07, 6.45) is 28.1. The third-order valence-electron chi connectivity index (χ3n) is 5.85. The number of imidazole rings is 1. The van der Waals surface area contributed by atoms with Crippen molar-refractivity contribution in [3.05, 3.63) is 18.2 Å². The van der Waals surface area contributed by atoms with Crippen LogP contribution in [0.5, 0.6) is 0 Å². The van der Waals surface area contributed by atoms with Crippen LogP contribution in [0, 0.1) is 0 Å². The Bertz CT molecular complexity index is 436. The number of aryl methyl sites for hydroxylation is 2. The van der Waals surface area contributed by atoms with Gasteiger partial charge in [-0.15, -0.1) is 0 Å². The lowest BCUT2D eigenvalue weighted by Gasteiger charge is -2.06. The Kier molecular flexibility index (Phi) is 15.6. The highest BCUT2D eigenvalue weighted by molar-refractivity contribution is 4.84. The van der Waals surface area contributed by atoms with Gasteiger partial charge in [0.05, 0.1) is 13.1 Å². The Labute approximate surface area is 170 Å². The molecule has 1 heterocycles. The van der Waals surface area contributed by atoms with Crippen molar-refractivity contribution in [3.63, 3.8) is 0 Å². The second kappa shape index (κ2) is 17.3. The molecule has 1 aromatic rings. The van der Waals surface area contributed by atoms with Crippen molar-refractivity contribution in [3.8, 4) is 0 Å². The fraction of sp³-hybridized carbons (Fsp3) is 0.880. The molecule has 0 saturated carbocycles. The minimum absolute atomic E-state index is 1.21. The number of hydrogen-bond donors (Lipinski definition) is 0. The van der Waals surface area contributed by atoms with Crippen molar-refractivity contribution in [1.29, 1.82) is 0 Å². The fourth-order valence-corrected chi connectivity index (χ4v) is 4.03. The lowest BCUT2D eigenvalue weighted by Crippen LogP contribution is -2.37. The third-order valence-corrected chi connectivity index (χ3v) is 5.85. The first-order chi connectivity index (χ1) is 13.3. The molecule has 158 valence electrons. The van der Waals surface area contributed by atoms with Gasteiger partial charge >= 0.3 is 0 Å². The van der Waals surface area contributed by atoms with Gasteiger partial charge in [-0.1, -0.05) is 91.4 Å². The summed E-state index contributed by atoms with van der Waals surface area (Å²) >= 11 is 0. The van der Waals surface area contributed by atoms with Gasteiger partial charge in [0.1, 0.15) is 12.4 Å². The molecule has 0 aromatic carbocycles. The number of unbranched alkanes of at least 4 members (excludes halogenated alkanes) is 13. The van der Waals surface area contributed by atoms with Crippen LogP contribution in [0.1, 0.15) is 129 Å². The molecule has 0 aliphatic heterocycles. The van der Waals surface area contributed by atoms with Crippen molar-refractivity contribution in [2.45, 2.75) is 143 Å². The molecule has 1 rings (SSSR count). The monoisotopic (exact) mass is 377 g/mol. The zero-order valence-corrected chi connectivity index (χ0v) is 19.0. The minimum atomic E-state index is 1.21. The van der Waals surface area contributed by atoms with E-state index in [0.29, 0.717) is 0 Å². The summed E-state index contributed by atoms with van der Waals surface area (Å²) in [6, 6.07) is 0. The van der Waals surface area contributed by atoms with Gasteiger partial charge in [0.2, 0.25) is 0 Å². The molecule has 0 amide bonds. The van der Waals surface area contributed by atoms with E-state index in [1.165, 1.54) is 122 Å². The predicted molar refractivity (Wildman–Crippen MR) is 119 cm³/mol. The van der Waals surface area contributed by atoms with E-state index in [1.54, 1.807) is 5.82 Å². The summed E-state index contributed by atoms with van der Waals surface area (Å²) in [5.41, 5.74) is 0. The maximum absolute atomic E-state index is 2.57. The summed E-state index contributed by atoms with van der Waals surface area (Å²) in [7, 11) is 0. The predicted octanol–water partition coefficient (Wildman–Crippen LogP) is 7.62. The molecule has 0 fully saturated rings. The second-order valence-electron chi connectivity index (χ2n) is 8.45. The van der Waals surface area contributed by atoms with Gasteiger partial charge in [-0.25, -0.2) is 9.13 Å². The number of nitrogens with zero attached hydrogens (tertiary/aromatic N) is 2. The molecule has 2 heteroatoms. The lowest BCUT2D eigenvalue weighted by atomic mass is 10.1. The first-order valence-electron chi connectivity index (χ1n) is 12.4. The average molecular weight is 378 g/mol. The number of rotatable bonds is 19. The van der Waals surface area contributed by atoms with Gasteiger partial charge < -0.3 is 0 Å². The van der Waals surface area contributed by atoms with Crippen LogP contribution < -0.4 is 4.57 Å². The Morgan fingerprint density at radius 1 is 0.630 bits per heavy atom. The molecule has 1 aromatic heterocycles. The standard InChI is InChI=1S/C25H49N2/c1-4-7-10-12-13-14-15-17-20-25-26(21-18-9-6-3)23-24-27(25)22-19-16-11-8-5-2/h23-24H,4-22H2,1-3H3/q+1. The van der Waals surface area contributed by atoms with E-state index >= 15 is 0 Å². The van der Waals surface area contributed by atoms with Crippen LogP contribution in [0.25, 0.3) is 0 Å². The summed E-state index contributed by atoms with van der Waals surface area (Å²) < 4.78 is 5.13. The molecular formula is C25H49N2+. The largest absolute Gasteiger partial charge is 0.256 e. The van der Waals surface area contributed by atoms with E-state index < -0.39 is 0 Å². The van der Waals surface area contributed by atoms with Gasteiger partial charge in [0.25, 0.3) is 5.82 Å². The van der Waals surface area contributed by atoms with E-state index in [9.17, 15) is 0 Å². The van der Waals surface area contributed by atoms with Crippen LogP contribution in [0.2, 0.25) is 0 Å². The van der Waals surface area contributed by atoms with Crippen LogP contribution in [0.4, 0.5) is 0 Å². The van der Waals surface area contributed by atoms with E-state index in [1.807, 2.05) is 0 Å². The van der Waals surface area contributed by atoms with Gasteiger partial charge in [0, 0.05) is 6.42 Å². The smallest absolute Gasteiger partial charge is 0.234 e. The highest BCUT2D eigenvalue weighted by atomic mass is 15.1. The second-order valence-corrected chi connectivity index (χ2v) is 8.45. The number of aromatic nitrogens is 2. The summed E-state index contributed by atoms with van der Waals surface area (Å²) in [5, 5.41) is 0. The normalized spacial score (nSPS) is 11.4. The molecule has 0 atom stereocenters. The first kappa shape index (κ1) is 24.2. The van der Waals surface area contributed by atoms with E-state index in [-0.39, 0.29) is 0 Å². The van der Waals surface area contributed by atoms with Gasteiger partial charge in [-0.2, -0.15) is 0 Å². The van der Waals surface area contributed by atoms with Gasteiger partial charge in [-0.05, 0) is 32.1 Å². The first-order valence-corrected chi connectivity index (χ1v) is 12.4. The molecule has 0 radical (unpaired) electrons. The van der Waals surface area contributed by atoms with Gasteiger partial charge in [0.15, 0.2) is 0 Å². The lowest BCUT2D eigenvalue weighted by molar-refractivity contribution is -0.704. The van der Waals surface area contributed by atoms with Crippen LogP contribution in [0.3, 0.4) is 0 Å². The van der Waals surface area contributed by atoms with Crippen molar-refractivity contribution >= 4 is 0 Å². The molecule has 0 spiro atoms. The van der Waals surface area contributed by atoms with Crippen LogP contribution in [0.15, 0.2) is 12.4 Å². The maximum Gasteiger partial charge on any atom is 0.256 e. The molecule has 0 aliphatic rings. The zero-order valence-electron chi connectivity index (χ0n) is 19.0. The molecule has 0 unspecified atom stereocenters. The SMILES string of the molecule is CCCCCCCCCCc1n(CCCCCCC)cc[n+]1CCCCC. The van der Waals surface area contributed by atoms with Crippen LogP contribution in [-0.2, 0) is 19.5 Å². The molecule has 0 N–H and O–H groups in total. The highest BCUT2D eigenvalue weighted by Gasteiger charge is 2.16. The van der Waals surface area contributed by atoms with Crippen LogP contribution in [-0.4, -0.2) is 4.57 Å².